The molecule has 20 nitrogen and oxygen atoms in total. The van der Waals surface area contributed by atoms with Gasteiger partial charge in [-0.2, -0.15) is 0 Å². The summed E-state index contributed by atoms with van der Waals surface area (Å²) >= 11 is 0. The fourth-order valence-electron chi connectivity index (χ4n) is 5.99. The SMILES string of the molecule is CO[C@H]1O[C@H](CO)[C@@H](O)[C@H](O[C@H]2O[C@H](CO)[C@H](O)[C@H](O)[C@H]2O[C@H]2O[C@H](C)[C@@H](O)[C@H](O[C@H]3O[C@H](C)[C@@H](O)[C@H](O)[C@@H]3O)[C@@H]2O)[C@H]1NC(C)=O. The Bertz CT molecular complexity index is 1010. The van der Waals surface area contributed by atoms with Gasteiger partial charge in [0, 0.05) is 14.0 Å². The van der Waals surface area contributed by atoms with E-state index in [0.29, 0.717) is 0 Å². The first-order valence-electron chi connectivity index (χ1n) is 15.2. The zero-order valence-electron chi connectivity index (χ0n) is 26.1. The van der Waals surface area contributed by atoms with E-state index >= 15 is 0 Å². The molecule has 0 aliphatic carbocycles. The number of hydrogen-bond donors (Lipinski definition) is 11. The van der Waals surface area contributed by atoms with Gasteiger partial charge < -0.3 is 94.3 Å². The normalized spacial score (nSPS) is 51.0. The molecule has 11 N–H and O–H groups in total. The second kappa shape index (κ2) is 16.2. The lowest BCUT2D eigenvalue weighted by Crippen LogP contribution is -2.69. The average molecular weight is 690 g/mol. The number of carbonyl (C=O) groups excluding carboxylic acids is 1. The maximum Gasteiger partial charge on any atom is 0.217 e. The predicted molar refractivity (Wildman–Crippen MR) is 147 cm³/mol. The molecule has 20 atom stereocenters. The summed E-state index contributed by atoms with van der Waals surface area (Å²) in [5.74, 6) is -0.578. The maximum absolute atomic E-state index is 12.0. The molecule has 274 valence electrons. The molecule has 0 aromatic heterocycles. The summed E-state index contributed by atoms with van der Waals surface area (Å²) in [6.45, 7) is 2.46. The van der Waals surface area contributed by atoms with Crippen LogP contribution in [0, 0.1) is 0 Å². The second-order valence-corrected chi connectivity index (χ2v) is 12.1. The molecule has 4 aliphatic heterocycles. The number of rotatable bonds is 10. The topological polar surface area (TPSA) is 305 Å². The number of methoxy groups -OCH3 is 1. The first-order chi connectivity index (χ1) is 22.1. The monoisotopic (exact) mass is 689 g/mol. The van der Waals surface area contributed by atoms with Crippen molar-refractivity contribution in [1.82, 2.24) is 5.32 Å². The molecule has 47 heavy (non-hydrogen) atoms. The summed E-state index contributed by atoms with van der Waals surface area (Å²) < 4.78 is 45.1. The first kappa shape index (κ1) is 38.6. The van der Waals surface area contributed by atoms with E-state index in [4.69, 9.17) is 37.9 Å². The highest BCUT2D eigenvalue weighted by Crippen LogP contribution is 2.34. The minimum atomic E-state index is -1.90. The minimum Gasteiger partial charge on any atom is -0.394 e. The van der Waals surface area contributed by atoms with Gasteiger partial charge in [0.25, 0.3) is 0 Å². The summed E-state index contributed by atoms with van der Waals surface area (Å²) in [7, 11) is 1.24. The number of hydrogen-bond acceptors (Lipinski definition) is 19. The van der Waals surface area contributed by atoms with E-state index in [1.165, 1.54) is 27.9 Å². The molecule has 4 fully saturated rings. The summed E-state index contributed by atoms with van der Waals surface area (Å²) in [6, 6.07) is -1.22. The van der Waals surface area contributed by atoms with E-state index in [0.717, 1.165) is 0 Å². The van der Waals surface area contributed by atoms with Crippen LogP contribution in [0.25, 0.3) is 0 Å². The van der Waals surface area contributed by atoms with Crippen molar-refractivity contribution < 1.29 is 93.8 Å². The van der Waals surface area contributed by atoms with E-state index in [-0.39, 0.29) is 0 Å². The highest BCUT2D eigenvalue weighted by Gasteiger charge is 2.55. The zero-order chi connectivity index (χ0) is 34.9. The van der Waals surface area contributed by atoms with Crippen LogP contribution >= 0.6 is 0 Å². The van der Waals surface area contributed by atoms with Crippen LogP contribution < -0.4 is 5.32 Å². The van der Waals surface area contributed by atoms with Crippen molar-refractivity contribution in [2.45, 2.75) is 144 Å². The number of aliphatic hydroxyl groups is 10. The lowest BCUT2D eigenvalue weighted by atomic mass is 9.95. The van der Waals surface area contributed by atoms with Crippen molar-refractivity contribution in [3.05, 3.63) is 0 Å². The van der Waals surface area contributed by atoms with Crippen LogP contribution in [0.2, 0.25) is 0 Å². The summed E-state index contributed by atoms with van der Waals surface area (Å²) in [5, 5.41) is 108. The van der Waals surface area contributed by atoms with Crippen LogP contribution in [-0.2, 0) is 42.7 Å². The Balaban J connectivity index is 1.60. The number of carbonyl (C=O) groups is 1. The molecule has 0 bridgehead atoms. The van der Waals surface area contributed by atoms with Crippen molar-refractivity contribution in [1.29, 1.82) is 0 Å². The largest absolute Gasteiger partial charge is 0.394 e. The molecule has 0 aromatic rings. The van der Waals surface area contributed by atoms with Gasteiger partial charge in [0.1, 0.15) is 85.4 Å². The lowest BCUT2D eigenvalue weighted by molar-refractivity contribution is -0.391. The van der Waals surface area contributed by atoms with Gasteiger partial charge in [-0.15, -0.1) is 0 Å². The second-order valence-electron chi connectivity index (χ2n) is 12.1. The smallest absolute Gasteiger partial charge is 0.217 e. The van der Waals surface area contributed by atoms with Crippen LogP contribution in [0.3, 0.4) is 0 Å². The third-order valence-corrected chi connectivity index (χ3v) is 8.74. The van der Waals surface area contributed by atoms with Crippen LogP contribution in [0.5, 0.6) is 0 Å². The quantitative estimate of drug-likeness (QED) is 0.102. The fraction of sp³-hybridized carbons (Fsp3) is 0.963. The highest BCUT2D eigenvalue weighted by atomic mass is 16.8. The molecule has 4 rings (SSSR count). The molecule has 4 saturated heterocycles. The molecule has 0 spiro atoms. The summed E-state index contributed by atoms with van der Waals surface area (Å²) in [6.07, 6.45) is -29.8. The molecule has 20 heteroatoms. The maximum atomic E-state index is 12.0. The first-order valence-corrected chi connectivity index (χ1v) is 15.2. The Hall–Kier alpha value is -1.25. The van der Waals surface area contributed by atoms with Gasteiger partial charge >= 0.3 is 0 Å². The number of nitrogens with one attached hydrogen (secondary N) is 1. The Kier molecular flexibility index (Phi) is 13.3. The Morgan fingerprint density at radius 1 is 0.574 bits per heavy atom. The molecule has 0 unspecified atom stereocenters. The van der Waals surface area contributed by atoms with Crippen molar-refractivity contribution in [2.75, 3.05) is 20.3 Å². The summed E-state index contributed by atoms with van der Waals surface area (Å²) in [4.78, 5) is 12.0. The molecule has 1 amide bonds. The van der Waals surface area contributed by atoms with Gasteiger partial charge in [-0.1, -0.05) is 0 Å². The van der Waals surface area contributed by atoms with E-state index < -0.39 is 142 Å². The molecular weight excluding hydrogens is 642 g/mol. The van der Waals surface area contributed by atoms with E-state index in [1.54, 1.807) is 0 Å². The fourth-order valence-corrected chi connectivity index (χ4v) is 5.99. The van der Waals surface area contributed by atoms with Gasteiger partial charge in [-0.05, 0) is 13.8 Å². The number of aliphatic hydroxyl groups excluding tert-OH is 10. The van der Waals surface area contributed by atoms with Crippen molar-refractivity contribution in [2.24, 2.45) is 0 Å². The van der Waals surface area contributed by atoms with Gasteiger partial charge in [-0.25, -0.2) is 0 Å². The summed E-state index contributed by atoms with van der Waals surface area (Å²) in [5.41, 5.74) is 0. The molecule has 0 aromatic carbocycles. The number of ether oxygens (including phenoxy) is 8. The number of amides is 1. The minimum absolute atomic E-state index is 0.578. The average Bonchev–Trinajstić information content (AvgIpc) is 3.03. The van der Waals surface area contributed by atoms with Crippen LogP contribution in [0.15, 0.2) is 0 Å². The van der Waals surface area contributed by atoms with Crippen LogP contribution in [-0.4, -0.2) is 200 Å². The standard InChI is InChI=1S/C27H47NO19/c1-7-13(32)17(36)19(38)25(41-7)46-22-14(33)8(2)42-26(20(22)39)47-23-18(37)15(34)10(5-29)44-27(23)45-21-12(28-9(3)31)24(40-4)43-11(6-30)16(21)35/h7-8,10-27,29-30,32-39H,5-6H2,1-4H3,(H,28,31)/t7-,8-,10-,11-,12-,13-,14-,15+,16-,17+,18+,19+,20+,21-,22+,23-,24+,25-,26-,27-/m1/s1. The Morgan fingerprint density at radius 3 is 1.66 bits per heavy atom. The predicted octanol–water partition coefficient (Wildman–Crippen LogP) is -6.90. The van der Waals surface area contributed by atoms with E-state index in [2.05, 4.69) is 5.32 Å². The Labute approximate surface area is 269 Å². The van der Waals surface area contributed by atoms with Gasteiger partial charge in [0.2, 0.25) is 5.91 Å². The third kappa shape index (κ3) is 8.06. The van der Waals surface area contributed by atoms with Crippen molar-refractivity contribution in [3.8, 4) is 0 Å². The molecule has 4 heterocycles. The Morgan fingerprint density at radius 2 is 1.09 bits per heavy atom. The van der Waals surface area contributed by atoms with Crippen molar-refractivity contribution in [3.63, 3.8) is 0 Å². The van der Waals surface area contributed by atoms with Gasteiger partial charge in [0.15, 0.2) is 25.2 Å². The van der Waals surface area contributed by atoms with Crippen LogP contribution in [0.4, 0.5) is 0 Å². The zero-order valence-corrected chi connectivity index (χ0v) is 26.1. The third-order valence-electron chi connectivity index (χ3n) is 8.74. The molecule has 4 aliphatic rings. The highest BCUT2D eigenvalue weighted by molar-refractivity contribution is 5.73. The molecule has 0 radical (unpaired) electrons. The van der Waals surface area contributed by atoms with E-state index in [1.807, 2.05) is 0 Å². The van der Waals surface area contributed by atoms with Crippen LogP contribution in [0.1, 0.15) is 20.8 Å². The molecule has 0 saturated carbocycles. The van der Waals surface area contributed by atoms with Crippen molar-refractivity contribution >= 4 is 5.91 Å². The lowest BCUT2D eigenvalue weighted by Gasteiger charge is -2.49. The van der Waals surface area contributed by atoms with Gasteiger partial charge in [-0.3, -0.25) is 4.79 Å². The van der Waals surface area contributed by atoms with Gasteiger partial charge in [0.05, 0.1) is 25.4 Å². The molecular formula is C27H47NO19. The van der Waals surface area contributed by atoms with E-state index in [9.17, 15) is 55.9 Å².